The van der Waals surface area contributed by atoms with Crippen LogP contribution in [0.5, 0.6) is 0 Å². The van der Waals surface area contributed by atoms with Crippen molar-refractivity contribution in [3.8, 4) is 0 Å². The molecule has 3 aliphatic carbocycles. The largest absolute Gasteiger partial charge is 0.0625 e. The molecule has 3 aliphatic rings. The summed E-state index contributed by atoms with van der Waals surface area (Å²) in [5, 5.41) is 0. The zero-order chi connectivity index (χ0) is 10.5. The topological polar surface area (TPSA) is 0 Å². The van der Waals surface area contributed by atoms with Crippen molar-refractivity contribution in [3.63, 3.8) is 0 Å². The van der Waals surface area contributed by atoms with Gasteiger partial charge < -0.3 is 0 Å². The molecule has 0 radical (unpaired) electrons. The fourth-order valence-corrected chi connectivity index (χ4v) is 3.33. The van der Waals surface area contributed by atoms with E-state index < -0.39 is 0 Å². The summed E-state index contributed by atoms with van der Waals surface area (Å²) >= 11 is 0. The molecule has 0 nitrogen and oxygen atoms in total. The summed E-state index contributed by atoms with van der Waals surface area (Å²) in [6, 6.07) is 9.36. The lowest BCUT2D eigenvalue weighted by Crippen LogP contribution is -2.55. The molecule has 0 aliphatic heterocycles. The van der Waals surface area contributed by atoms with Crippen molar-refractivity contribution in [2.75, 3.05) is 0 Å². The third-order valence-corrected chi connectivity index (χ3v) is 4.22. The molecule has 0 saturated heterocycles. The summed E-state index contributed by atoms with van der Waals surface area (Å²) in [6.45, 7) is 4.60. The first-order valence-corrected chi connectivity index (χ1v) is 6.27. The van der Waals surface area contributed by atoms with E-state index in [2.05, 4.69) is 38.1 Å². The van der Waals surface area contributed by atoms with Gasteiger partial charge in [-0.1, -0.05) is 38.1 Å². The Morgan fingerprint density at radius 1 is 1.27 bits per heavy atom. The maximum atomic E-state index is 2.47. The van der Waals surface area contributed by atoms with Crippen molar-refractivity contribution in [3.05, 3.63) is 35.4 Å². The summed E-state index contributed by atoms with van der Waals surface area (Å²) in [5.41, 5.74) is 3.80. The monoisotopic (exact) mass is 200 g/mol. The van der Waals surface area contributed by atoms with Crippen LogP contribution in [-0.2, 0) is 11.8 Å². The fourth-order valence-electron chi connectivity index (χ4n) is 3.33. The predicted molar refractivity (Wildman–Crippen MR) is 64.0 cm³/mol. The van der Waals surface area contributed by atoms with Crippen LogP contribution in [0.1, 0.15) is 44.2 Å². The molecule has 0 amide bonds. The van der Waals surface area contributed by atoms with E-state index in [1.807, 2.05) is 0 Å². The Morgan fingerprint density at radius 3 is 2.53 bits per heavy atom. The predicted octanol–water partition coefficient (Wildman–Crippen LogP) is 3.94. The Hall–Kier alpha value is -0.780. The average Bonchev–Trinajstić information content (AvgIpc) is 1.97. The fraction of sp³-hybridized carbons (Fsp3) is 0.600. The Kier molecular flexibility index (Phi) is 1.95. The molecule has 1 aromatic rings. The number of rotatable bonds is 3. The molecule has 0 heteroatoms. The van der Waals surface area contributed by atoms with Crippen molar-refractivity contribution in [1.29, 1.82) is 0 Å². The van der Waals surface area contributed by atoms with Crippen LogP contribution in [-0.4, -0.2) is 0 Å². The van der Waals surface area contributed by atoms with Crippen LogP contribution < -0.4 is 0 Å². The molecule has 0 aromatic heterocycles. The average molecular weight is 200 g/mol. The van der Waals surface area contributed by atoms with E-state index in [4.69, 9.17) is 0 Å². The van der Waals surface area contributed by atoms with Crippen molar-refractivity contribution in [2.45, 2.75) is 44.9 Å². The smallest absolute Gasteiger partial charge is 0.00389 e. The van der Waals surface area contributed by atoms with Crippen LogP contribution in [0, 0.1) is 11.8 Å². The molecular formula is C15H20. The molecule has 0 heterocycles. The normalized spacial score (nSPS) is 32.3. The van der Waals surface area contributed by atoms with Gasteiger partial charge in [-0.3, -0.25) is 0 Å². The second-order valence-electron chi connectivity index (χ2n) is 6.06. The molecule has 4 rings (SSSR count). The molecule has 0 unspecified atom stereocenters. The van der Waals surface area contributed by atoms with E-state index in [9.17, 15) is 0 Å². The quantitative estimate of drug-likeness (QED) is 0.693. The maximum absolute atomic E-state index is 2.47. The standard InChI is InChI=1S/C15H20/c1-11(2)6-12-4-3-5-14(7-12)15-8-13(9-15)10-15/h3-5,7,11,13H,6,8-10H2,1-2H3. The van der Waals surface area contributed by atoms with Crippen molar-refractivity contribution < 1.29 is 0 Å². The zero-order valence-electron chi connectivity index (χ0n) is 9.79. The first kappa shape index (κ1) is 9.45. The summed E-state index contributed by atoms with van der Waals surface area (Å²) in [6.07, 6.45) is 5.64. The van der Waals surface area contributed by atoms with Gasteiger partial charge in [0.05, 0.1) is 0 Å². The third kappa shape index (κ3) is 1.42. The molecule has 3 saturated carbocycles. The first-order chi connectivity index (χ1) is 7.18. The molecule has 3 fully saturated rings. The van der Waals surface area contributed by atoms with Gasteiger partial charge in [0.25, 0.3) is 0 Å². The lowest BCUT2D eigenvalue weighted by atomic mass is 9.42. The van der Waals surface area contributed by atoms with Crippen LogP contribution in [0.4, 0.5) is 0 Å². The van der Waals surface area contributed by atoms with Crippen LogP contribution in [0.2, 0.25) is 0 Å². The second kappa shape index (κ2) is 3.10. The van der Waals surface area contributed by atoms with Gasteiger partial charge in [-0.25, -0.2) is 0 Å². The van der Waals surface area contributed by atoms with Gasteiger partial charge in [0.1, 0.15) is 0 Å². The van der Waals surface area contributed by atoms with Crippen LogP contribution >= 0.6 is 0 Å². The van der Waals surface area contributed by atoms with E-state index in [0.717, 1.165) is 11.8 Å². The van der Waals surface area contributed by atoms with E-state index in [0.29, 0.717) is 5.41 Å². The molecule has 15 heavy (non-hydrogen) atoms. The van der Waals surface area contributed by atoms with Crippen LogP contribution in [0.3, 0.4) is 0 Å². The van der Waals surface area contributed by atoms with Gasteiger partial charge in [-0.2, -0.15) is 0 Å². The van der Waals surface area contributed by atoms with E-state index >= 15 is 0 Å². The van der Waals surface area contributed by atoms with Gasteiger partial charge in [-0.05, 0) is 54.1 Å². The molecule has 0 N–H and O–H groups in total. The maximum Gasteiger partial charge on any atom is -0.00389 e. The number of benzene rings is 1. The van der Waals surface area contributed by atoms with Crippen molar-refractivity contribution >= 4 is 0 Å². The molecule has 2 bridgehead atoms. The van der Waals surface area contributed by atoms with E-state index in [1.54, 1.807) is 5.56 Å². The SMILES string of the molecule is CC(C)Cc1cccc(C23CC(C2)C3)c1. The minimum atomic E-state index is 0.637. The Balaban J connectivity index is 1.83. The highest BCUT2D eigenvalue weighted by Gasteiger charge is 2.57. The molecular weight excluding hydrogens is 180 g/mol. The summed E-state index contributed by atoms with van der Waals surface area (Å²) in [7, 11) is 0. The Bertz CT molecular complexity index is 358. The van der Waals surface area contributed by atoms with Crippen molar-refractivity contribution in [1.82, 2.24) is 0 Å². The van der Waals surface area contributed by atoms with Crippen LogP contribution in [0.15, 0.2) is 24.3 Å². The molecule has 0 atom stereocenters. The second-order valence-corrected chi connectivity index (χ2v) is 6.06. The van der Waals surface area contributed by atoms with E-state index in [1.165, 1.54) is 31.2 Å². The Morgan fingerprint density at radius 2 is 2.00 bits per heavy atom. The molecule has 80 valence electrons. The summed E-state index contributed by atoms with van der Waals surface area (Å²) in [4.78, 5) is 0. The van der Waals surface area contributed by atoms with E-state index in [-0.39, 0.29) is 0 Å². The Labute approximate surface area is 92.7 Å². The highest BCUT2D eigenvalue weighted by Crippen LogP contribution is 2.65. The van der Waals surface area contributed by atoms with Crippen molar-refractivity contribution in [2.24, 2.45) is 11.8 Å². The van der Waals surface area contributed by atoms with Gasteiger partial charge in [0.2, 0.25) is 0 Å². The first-order valence-electron chi connectivity index (χ1n) is 6.27. The highest BCUT2D eigenvalue weighted by molar-refractivity contribution is 5.37. The lowest BCUT2D eigenvalue weighted by Gasteiger charge is -2.62. The third-order valence-electron chi connectivity index (χ3n) is 4.22. The summed E-state index contributed by atoms with van der Waals surface area (Å²) < 4.78 is 0. The highest BCUT2D eigenvalue weighted by atomic mass is 14.6. The van der Waals surface area contributed by atoms with Crippen LogP contribution in [0.25, 0.3) is 0 Å². The molecule has 1 aromatic carbocycles. The van der Waals surface area contributed by atoms with Gasteiger partial charge in [0, 0.05) is 0 Å². The minimum absolute atomic E-state index is 0.637. The van der Waals surface area contributed by atoms with Gasteiger partial charge >= 0.3 is 0 Å². The van der Waals surface area contributed by atoms with Gasteiger partial charge in [-0.15, -0.1) is 0 Å². The number of hydrogen-bond acceptors (Lipinski definition) is 0. The van der Waals surface area contributed by atoms with Gasteiger partial charge in [0.15, 0.2) is 0 Å². The lowest BCUT2D eigenvalue weighted by molar-refractivity contribution is -0.0274. The minimum Gasteiger partial charge on any atom is -0.0625 e. The zero-order valence-corrected chi connectivity index (χ0v) is 9.79. The molecule has 0 spiro atoms. The summed E-state index contributed by atoms with van der Waals surface area (Å²) in [5.74, 6) is 1.85. The number of hydrogen-bond donors (Lipinski definition) is 0.